The zero-order chi connectivity index (χ0) is 8.32. The first-order chi connectivity index (χ1) is 5.14. The highest BCUT2D eigenvalue weighted by Crippen LogP contribution is 2.25. The Bertz CT molecular complexity index is 115. The fourth-order valence-electron chi connectivity index (χ4n) is 1.46. The topological polar surface area (TPSA) is 12.0 Å². The number of alkyl halides is 2. The Kier molecular flexibility index (Phi) is 2.82. The van der Waals surface area contributed by atoms with E-state index in [2.05, 4.69) is 12.2 Å². The molecule has 1 saturated heterocycles. The van der Waals surface area contributed by atoms with Crippen LogP contribution in [-0.4, -0.2) is 18.5 Å². The summed E-state index contributed by atoms with van der Waals surface area (Å²) >= 11 is 0. The van der Waals surface area contributed by atoms with Crippen LogP contribution in [0.25, 0.3) is 0 Å². The molecule has 1 aliphatic heterocycles. The SMILES string of the molecule is CCCC1CCC(F)(F)CN1. The van der Waals surface area contributed by atoms with Crippen molar-refractivity contribution in [2.45, 2.75) is 44.6 Å². The van der Waals surface area contributed by atoms with Gasteiger partial charge in [0.15, 0.2) is 0 Å². The highest BCUT2D eigenvalue weighted by atomic mass is 19.3. The minimum absolute atomic E-state index is 0.0602. The lowest BCUT2D eigenvalue weighted by Gasteiger charge is -2.29. The normalized spacial score (nSPS) is 30.3. The summed E-state index contributed by atoms with van der Waals surface area (Å²) in [6.07, 6.45) is 2.78. The first-order valence-electron chi connectivity index (χ1n) is 4.25. The van der Waals surface area contributed by atoms with E-state index in [9.17, 15) is 8.78 Å². The minimum atomic E-state index is -2.45. The van der Waals surface area contributed by atoms with Crippen molar-refractivity contribution in [3.63, 3.8) is 0 Å². The number of hydrogen-bond acceptors (Lipinski definition) is 1. The second kappa shape index (κ2) is 3.48. The average molecular weight is 163 g/mol. The predicted octanol–water partition coefficient (Wildman–Crippen LogP) is 2.17. The summed E-state index contributed by atoms with van der Waals surface area (Å²) in [6.45, 7) is 1.95. The van der Waals surface area contributed by atoms with Crippen molar-refractivity contribution < 1.29 is 8.78 Å². The van der Waals surface area contributed by atoms with Gasteiger partial charge in [-0.15, -0.1) is 0 Å². The largest absolute Gasteiger partial charge is 0.308 e. The fraction of sp³-hybridized carbons (Fsp3) is 1.00. The Morgan fingerprint density at radius 2 is 2.27 bits per heavy atom. The number of rotatable bonds is 2. The third kappa shape index (κ3) is 2.73. The van der Waals surface area contributed by atoms with Crippen LogP contribution in [0.3, 0.4) is 0 Å². The number of halogens is 2. The van der Waals surface area contributed by atoms with E-state index >= 15 is 0 Å². The lowest BCUT2D eigenvalue weighted by atomic mass is 9.99. The fourth-order valence-corrected chi connectivity index (χ4v) is 1.46. The van der Waals surface area contributed by atoms with Crippen LogP contribution in [0.1, 0.15) is 32.6 Å². The van der Waals surface area contributed by atoms with Gasteiger partial charge in [0.2, 0.25) is 0 Å². The highest BCUT2D eigenvalue weighted by Gasteiger charge is 2.33. The summed E-state index contributed by atoms with van der Waals surface area (Å²) in [6, 6.07) is 0.333. The molecule has 0 aliphatic carbocycles. The molecule has 0 saturated carbocycles. The quantitative estimate of drug-likeness (QED) is 0.657. The van der Waals surface area contributed by atoms with Gasteiger partial charge in [0.05, 0.1) is 6.54 Å². The second-order valence-electron chi connectivity index (χ2n) is 3.26. The molecule has 1 unspecified atom stereocenters. The van der Waals surface area contributed by atoms with Crippen LogP contribution in [0, 0.1) is 0 Å². The molecule has 11 heavy (non-hydrogen) atoms. The molecule has 0 bridgehead atoms. The average Bonchev–Trinajstić information content (AvgIpc) is 1.94. The molecular weight excluding hydrogens is 148 g/mol. The van der Waals surface area contributed by atoms with Crippen LogP contribution < -0.4 is 5.32 Å². The molecule has 0 aromatic rings. The Labute approximate surface area is 66.2 Å². The first kappa shape index (κ1) is 8.91. The standard InChI is InChI=1S/C8H15F2N/c1-2-3-7-4-5-8(9,10)6-11-7/h7,11H,2-6H2,1H3. The lowest BCUT2D eigenvalue weighted by molar-refractivity contribution is -0.0307. The summed E-state index contributed by atoms with van der Waals surface area (Å²) < 4.78 is 25.1. The molecule has 1 N–H and O–H groups in total. The minimum Gasteiger partial charge on any atom is -0.308 e. The number of piperidine rings is 1. The van der Waals surface area contributed by atoms with E-state index in [1.807, 2.05) is 0 Å². The summed E-state index contributed by atoms with van der Waals surface area (Å²) in [4.78, 5) is 0. The second-order valence-corrected chi connectivity index (χ2v) is 3.26. The molecule has 0 radical (unpaired) electrons. The maximum atomic E-state index is 12.6. The zero-order valence-corrected chi connectivity index (χ0v) is 6.87. The Hall–Kier alpha value is -0.180. The van der Waals surface area contributed by atoms with Gasteiger partial charge in [0.25, 0.3) is 5.92 Å². The summed E-state index contributed by atoms with van der Waals surface area (Å²) in [5.74, 6) is -2.45. The first-order valence-corrected chi connectivity index (χ1v) is 4.25. The maximum Gasteiger partial charge on any atom is 0.260 e. The van der Waals surface area contributed by atoms with Gasteiger partial charge in [0, 0.05) is 12.5 Å². The van der Waals surface area contributed by atoms with Gasteiger partial charge >= 0.3 is 0 Å². The van der Waals surface area contributed by atoms with Gasteiger partial charge in [-0.05, 0) is 12.8 Å². The van der Waals surface area contributed by atoms with E-state index in [-0.39, 0.29) is 13.0 Å². The highest BCUT2D eigenvalue weighted by molar-refractivity contribution is 4.81. The molecule has 1 nitrogen and oxygen atoms in total. The van der Waals surface area contributed by atoms with Gasteiger partial charge in [-0.2, -0.15) is 0 Å². The van der Waals surface area contributed by atoms with Crippen LogP contribution in [0.5, 0.6) is 0 Å². The third-order valence-corrected chi connectivity index (χ3v) is 2.15. The van der Waals surface area contributed by atoms with E-state index in [1.54, 1.807) is 0 Å². The van der Waals surface area contributed by atoms with Crippen molar-refractivity contribution >= 4 is 0 Å². The van der Waals surface area contributed by atoms with E-state index in [0.717, 1.165) is 12.8 Å². The monoisotopic (exact) mass is 163 g/mol. The lowest BCUT2D eigenvalue weighted by Crippen LogP contribution is -2.45. The van der Waals surface area contributed by atoms with Crippen molar-refractivity contribution in [3.8, 4) is 0 Å². The van der Waals surface area contributed by atoms with Crippen molar-refractivity contribution in [1.29, 1.82) is 0 Å². The van der Waals surface area contributed by atoms with E-state index < -0.39 is 5.92 Å². The molecule has 1 fully saturated rings. The van der Waals surface area contributed by atoms with E-state index in [1.165, 1.54) is 0 Å². The molecular formula is C8H15F2N. The molecule has 1 heterocycles. The summed E-state index contributed by atoms with van der Waals surface area (Å²) in [5.41, 5.74) is 0. The van der Waals surface area contributed by atoms with Gasteiger partial charge in [0.1, 0.15) is 0 Å². The van der Waals surface area contributed by atoms with Crippen molar-refractivity contribution in [2.24, 2.45) is 0 Å². The molecule has 66 valence electrons. The Balaban J connectivity index is 2.25. The third-order valence-electron chi connectivity index (χ3n) is 2.15. The summed E-state index contributed by atoms with van der Waals surface area (Å²) in [7, 11) is 0. The summed E-state index contributed by atoms with van der Waals surface area (Å²) in [5, 5.41) is 2.86. The molecule has 0 spiro atoms. The van der Waals surface area contributed by atoms with Gasteiger partial charge in [-0.25, -0.2) is 8.78 Å². The molecule has 1 rings (SSSR count). The predicted molar refractivity (Wildman–Crippen MR) is 40.9 cm³/mol. The molecule has 0 aromatic heterocycles. The van der Waals surface area contributed by atoms with Crippen LogP contribution in [0.2, 0.25) is 0 Å². The van der Waals surface area contributed by atoms with Gasteiger partial charge < -0.3 is 5.32 Å². The smallest absolute Gasteiger partial charge is 0.260 e. The van der Waals surface area contributed by atoms with Crippen LogP contribution in [-0.2, 0) is 0 Å². The van der Waals surface area contributed by atoms with Crippen LogP contribution >= 0.6 is 0 Å². The molecule has 0 amide bonds. The Morgan fingerprint density at radius 3 is 2.73 bits per heavy atom. The molecule has 0 aromatic carbocycles. The van der Waals surface area contributed by atoms with E-state index in [4.69, 9.17) is 0 Å². The van der Waals surface area contributed by atoms with Gasteiger partial charge in [-0.3, -0.25) is 0 Å². The molecule has 3 heteroatoms. The van der Waals surface area contributed by atoms with Gasteiger partial charge in [-0.1, -0.05) is 13.3 Å². The maximum absolute atomic E-state index is 12.6. The Morgan fingerprint density at radius 1 is 1.55 bits per heavy atom. The molecule has 1 atom stereocenters. The van der Waals surface area contributed by atoms with E-state index in [0.29, 0.717) is 12.5 Å². The van der Waals surface area contributed by atoms with Crippen molar-refractivity contribution in [1.82, 2.24) is 5.32 Å². The van der Waals surface area contributed by atoms with Crippen molar-refractivity contribution in [3.05, 3.63) is 0 Å². The number of hydrogen-bond donors (Lipinski definition) is 1. The van der Waals surface area contributed by atoms with Crippen LogP contribution in [0.15, 0.2) is 0 Å². The van der Waals surface area contributed by atoms with Crippen LogP contribution in [0.4, 0.5) is 8.78 Å². The number of nitrogens with one attached hydrogen (secondary N) is 1. The molecule has 1 aliphatic rings. The van der Waals surface area contributed by atoms with Crippen molar-refractivity contribution in [2.75, 3.05) is 6.54 Å². The zero-order valence-electron chi connectivity index (χ0n) is 6.87.